The average Bonchev–Trinajstić information content (AvgIpc) is 2.82. The Kier molecular flexibility index (Phi) is 4.16. The summed E-state index contributed by atoms with van der Waals surface area (Å²) >= 11 is 5.86. The van der Waals surface area contributed by atoms with Crippen molar-refractivity contribution in [2.75, 3.05) is 0 Å². The number of benzene rings is 1. The van der Waals surface area contributed by atoms with Crippen LogP contribution in [0.15, 0.2) is 24.3 Å². The third-order valence-corrected chi connectivity index (χ3v) is 3.00. The summed E-state index contributed by atoms with van der Waals surface area (Å²) in [5, 5.41) is 17.4. The minimum Gasteiger partial charge on any atom is -0.478 e. The number of para-hydroxylation sites is 1. The topological polar surface area (TPSA) is 68.0 Å². The molecule has 5 nitrogen and oxygen atoms in total. The monoisotopic (exact) mass is 279 g/mol. The van der Waals surface area contributed by atoms with E-state index in [-0.39, 0.29) is 11.4 Å². The highest BCUT2D eigenvalue weighted by Crippen LogP contribution is 2.20. The molecular formula is C13H14ClN3O2. The largest absolute Gasteiger partial charge is 0.478 e. The molecule has 0 aliphatic carbocycles. The van der Waals surface area contributed by atoms with E-state index in [1.807, 2.05) is 6.92 Å². The van der Waals surface area contributed by atoms with Crippen LogP contribution in [0, 0.1) is 0 Å². The van der Waals surface area contributed by atoms with Crippen LogP contribution in [0.2, 0.25) is 0 Å². The minimum atomic E-state index is -0.979. The number of carboxylic acids is 1. The number of aromatic nitrogens is 3. The number of hydrogen-bond acceptors (Lipinski definition) is 3. The van der Waals surface area contributed by atoms with Crippen molar-refractivity contribution in [3.8, 4) is 5.69 Å². The van der Waals surface area contributed by atoms with E-state index in [4.69, 9.17) is 11.6 Å². The molecule has 19 heavy (non-hydrogen) atoms. The van der Waals surface area contributed by atoms with Gasteiger partial charge in [0.15, 0.2) is 5.82 Å². The number of aryl methyl sites for hydroxylation is 1. The van der Waals surface area contributed by atoms with Crippen LogP contribution >= 0.6 is 11.6 Å². The molecular weight excluding hydrogens is 266 g/mol. The zero-order valence-electron chi connectivity index (χ0n) is 10.5. The van der Waals surface area contributed by atoms with Crippen LogP contribution in [0.4, 0.5) is 0 Å². The molecule has 6 heteroatoms. The average molecular weight is 280 g/mol. The van der Waals surface area contributed by atoms with Gasteiger partial charge >= 0.3 is 5.97 Å². The quantitative estimate of drug-likeness (QED) is 0.855. The number of carboxylic acid groups (broad SMARTS) is 1. The smallest absolute Gasteiger partial charge is 0.337 e. The molecule has 1 aromatic carbocycles. The summed E-state index contributed by atoms with van der Waals surface area (Å²) in [5.74, 6) is 0.489. The number of rotatable bonds is 5. The Balaban J connectivity index is 2.63. The minimum absolute atomic E-state index is 0.185. The van der Waals surface area contributed by atoms with E-state index in [0.29, 0.717) is 11.5 Å². The van der Waals surface area contributed by atoms with Gasteiger partial charge < -0.3 is 5.11 Å². The third-order valence-electron chi connectivity index (χ3n) is 2.77. The Morgan fingerprint density at radius 2 is 2.00 bits per heavy atom. The van der Waals surface area contributed by atoms with Gasteiger partial charge in [0.25, 0.3) is 0 Å². The maximum Gasteiger partial charge on any atom is 0.337 e. The molecule has 0 saturated carbocycles. The molecule has 100 valence electrons. The Bertz CT molecular complexity index is 595. The fourth-order valence-electron chi connectivity index (χ4n) is 1.95. The number of halogens is 1. The number of alkyl halides is 1. The molecule has 1 N–H and O–H groups in total. The van der Waals surface area contributed by atoms with Crippen LogP contribution in [-0.4, -0.2) is 25.8 Å². The molecule has 2 rings (SSSR count). The predicted molar refractivity (Wildman–Crippen MR) is 71.9 cm³/mol. The van der Waals surface area contributed by atoms with Crippen molar-refractivity contribution in [2.24, 2.45) is 0 Å². The lowest BCUT2D eigenvalue weighted by Gasteiger charge is -2.11. The van der Waals surface area contributed by atoms with Gasteiger partial charge in [-0.2, -0.15) is 0 Å². The van der Waals surface area contributed by atoms with Gasteiger partial charge in [-0.15, -0.1) is 21.8 Å². The molecule has 0 unspecified atom stereocenters. The summed E-state index contributed by atoms with van der Waals surface area (Å²) < 4.78 is 1.74. The van der Waals surface area contributed by atoms with Gasteiger partial charge in [-0.25, -0.2) is 4.79 Å². The SMILES string of the molecule is CCCc1nnc(CCl)n1-c1ccccc1C(=O)O. The van der Waals surface area contributed by atoms with Crippen molar-refractivity contribution < 1.29 is 9.90 Å². The van der Waals surface area contributed by atoms with Crippen LogP contribution in [0.5, 0.6) is 0 Å². The first-order chi connectivity index (χ1) is 9.19. The molecule has 0 saturated heterocycles. The lowest BCUT2D eigenvalue weighted by molar-refractivity contribution is 0.0697. The molecule has 0 atom stereocenters. The van der Waals surface area contributed by atoms with E-state index in [1.54, 1.807) is 28.8 Å². The lowest BCUT2D eigenvalue weighted by Crippen LogP contribution is -2.10. The third kappa shape index (κ3) is 2.61. The van der Waals surface area contributed by atoms with E-state index in [9.17, 15) is 9.90 Å². The summed E-state index contributed by atoms with van der Waals surface area (Å²) in [6, 6.07) is 6.78. The Morgan fingerprint density at radius 1 is 1.32 bits per heavy atom. The van der Waals surface area contributed by atoms with E-state index in [2.05, 4.69) is 10.2 Å². The van der Waals surface area contributed by atoms with Gasteiger partial charge in [0.1, 0.15) is 5.82 Å². The number of carbonyl (C=O) groups is 1. The van der Waals surface area contributed by atoms with Gasteiger partial charge in [0.2, 0.25) is 0 Å². The number of nitrogens with zero attached hydrogens (tertiary/aromatic N) is 3. The van der Waals surface area contributed by atoms with Crippen LogP contribution < -0.4 is 0 Å². The molecule has 1 heterocycles. The van der Waals surface area contributed by atoms with Crippen molar-refractivity contribution in [2.45, 2.75) is 25.6 Å². The number of hydrogen-bond donors (Lipinski definition) is 1. The molecule has 0 spiro atoms. The molecule has 0 radical (unpaired) electrons. The number of aromatic carboxylic acids is 1. The second-order valence-electron chi connectivity index (χ2n) is 4.07. The highest BCUT2D eigenvalue weighted by molar-refractivity contribution is 6.16. The molecule has 0 fully saturated rings. The van der Waals surface area contributed by atoms with Crippen molar-refractivity contribution in [1.29, 1.82) is 0 Å². The first-order valence-electron chi connectivity index (χ1n) is 6.00. The first-order valence-corrected chi connectivity index (χ1v) is 6.54. The van der Waals surface area contributed by atoms with Crippen molar-refractivity contribution in [1.82, 2.24) is 14.8 Å². The maximum atomic E-state index is 11.3. The van der Waals surface area contributed by atoms with E-state index in [1.165, 1.54) is 0 Å². The van der Waals surface area contributed by atoms with Gasteiger partial charge in [0.05, 0.1) is 17.1 Å². The van der Waals surface area contributed by atoms with E-state index < -0.39 is 5.97 Å². The molecule has 0 bridgehead atoms. The van der Waals surface area contributed by atoms with Gasteiger partial charge in [0, 0.05) is 6.42 Å². The zero-order valence-corrected chi connectivity index (χ0v) is 11.3. The molecule has 0 aliphatic rings. The lowest BCUT2D eigenvalue weighted by atomic mass is 10.1. The van der Waals surface area contributed by atoms with Gasteiger partial charge in [-0.05, 0) is 18.6 Å². The Labute approximate surface area is 115 Å². The second-order valence-corrected chi connectivity index (χ2v) is 4.34. The van der Waals surface area contributed by atoms with Gasteiger partial charge in [-0.3, -0.25) is 4.57 Å². The normalized spacial score (nSPS) is 10.6. The van der Waals surface area contributed by atoms with Crippen molar-refractivity contribution in [3.05, 3.63) is 41.5 Å². The fourth-order valence-corrected chi connectivity index (χ4v) is 2.13. The fraction of sp³-hybridized carbons (Fsp3) is 0.308. The maximum absolute atomic E-state index is 11.3. The van der Waals surface area contributed by atoms with E-state index >= 15 is 0 Å². The summed E-state index contributed by atoms with van der Waals surface area (Å²) in [5.41, 5.74) is 0.769. The van der Waals surface area contributed by atoms with Crippen LogP contribution in [0.1, 0.15) is 35.4 Å². The molecule has 1 aromatic heterocycles. The Morgan fingerprint density at radius 3 is 2.63 bits per heavy atom. The highest BCUT2D eigenvalue weighted by Gasteiger charge is 2.17. The summed E-state index contributed by atoms with van der Waals surface area (Å²) in [7, 11) is 0. The standard InChI is InChI=1S/C13H14ClN3O2/c1-2-5-11-15-16-12(8-14)17(11)10-7-4-3-6-9(10)13(18)19/h3-4,6-7H,2,5,8H2,1H3,(H,18,19). The van der Waals surface area contributed by atoms with Crippen molar-refractivity contribution in [3.63, 3.8) is 0 Å². The van der Waals surface area contributed by atoms with Crippen LogP contribution in [0.25, 0.3) is 5.69 Å². The highest BCUT2D eigenvalue weighted by atomic mass is 35.5. The predicted octanol–water partition coefficient (Wildman–Crippen LogP) is 2.66. The van der Waals surface area contributed by atoms with E-state index in [0.717, 1.165) is 18.7 Å². The van der Waals surface area contributed by atoms with Gasteiger partial charge in [-0.1, -0.05) is 19.1 Å². The second kappa shape index (κ2) is 5.84. The molecule has 0 amide bonds. The van der Waals surface area contributed by atoms with Crippen LogP contribution in [0.3, 0.4) is 0 Å². The summed E-state index contributed by atoms with van der Waals surface area (Å²) in [6.45, 7) is 2.03. The first kappa shape index (κ1) is 13.5. The summed E-state index contributed by atoms with van der Waals surface area (Å²) in [4.78, 5) is 11.3. The molecule has 0 aliphatic heterocycles. The Hall–Kier alpha value is -1.88. The van der Waals surface area contributed by atoms with Crippen molar-refractivity contribution >= 4 is 17.6 Å². The summed E-state index contributed by atoms with van der Waals surface area (Å²) in [6.07, 6.45) is 1.62. The van der Waals surface area contributed by atoms with Crippen LogP contribution in [-0.2, 0) is 12.3 Å². The molecule has 2 aromatic rings. The zero-order chi connectivity index (χ0) is 13.8.